The van der Waals surface area contributed by atoms with E-state index in [0.29, 0.717) is 18.8 Å². The van der Waals surface area contributed by atoms with Gasteiger partial charge in [0.25, 0.3) is 5.91 Å². The summed E-state index contributed by atoms with van der Waals surface area (Å²) in [5.41, 5.74) is 9.27. The summed E-state index contributed by atoms with van der Waals surface area (Å²) in [6.45, 7) is 3.05. The molecule has 0 aromatic heterocycles. The molecule has 2 N–H and O–H groups in total. The highest BCUT2D eigenvalue weighted by atomic mass is 16.5. The number of ether oxygens (including phenoxy) is 1. The van der Waals surface area contributed by atoms with Crippen LogP contribution in [0.2, 0.25) is 0 Å². The lowest BCUT2D eigenvalue weighted by atomic mass is 10.1. The van der Waals surface area contributed by atoms with Crippen LogP contribution in [-0.4, -0.2) is 43.9 Å². The number of carbonyl (C=O) groups excluding carboxylic acids is 1. The zero-order valence-corrected chi connectivity index (χ0v) is 14.5. The molecule has 2 heterocycles. The molecule has 2 aliphatic rings. The number of rotatable bonds is 4. The second-order valence-corrected chi connectivity index (χ2v) is 6.22. The highest BCUT2D eigenvalue weighted by molar-refractivity contribution is 6.32. The third-order valence-electron chi connectivity index (χ3n) is 4.71. The molecule has 0 atom stereocenters. The summed E-state index contributed by atoms with van der Waals surface area (Å²) in [7, 11) is 0. The van der Waals surface area contributed by atoms with E-state index in [1.165, 1.54) is 0 Å². The van der Waals surface area contributed by atoms with Crippen LogP contribution in [-0.2, 0) is 9.53 Å². The molecule has 0 radical (unpaired) electrons. The Morgan fingerprint density at radius 3 is 2.46 bits per heavy atom. The normalized spacial score (nSPS) is 19.0. The largest absolute Gasteiger partial charge is 0.379 e. The number of hydrazine groups is 1. The van der Waals surface area contributed by atoms with Gasteiger partial charge in [0.2, 0.25) is 0 Å². The van der Waals surface area contributed by atoms with Gasteiger partial charge in [0.15, 0.2) is 0 Å². The fourth-order valence-electron chi connectivity index (χ4n) is 3.40. The van der Waals surface area contributed by atoms with Crippen LogP contribution in [0.25, 0.3) is 5.57 Å². The van der Waals surface area contributed by atoms with Crippen LogP contribution in [0, 0.1) is 0 Å². The molecule has 1 fully saturated rings. The van der Waals surface area contributed by atoms with Crippen molar-refractivity contribution < 1.29 is 9.53 Å². The highest BCUT2D eigenvalue weighted by Gasteiger charge is 2.32. The SMILES string of the molecule is NCN1C(=O)C(=CN(c2ccccc2)N2CCOCC2)c2ccccc21. The maximum atomic E-state index is 13.0. The number of carbonyl (C=O) groups is 1. The lowest BCUT2D eigenvalue weighted by Gasteiger charge is -2.37. The number of fused-ring (bicyclic) bond motifs is 1. The molecule has 0 unspecified atom stereocenters. The zero-order valence-electron chi connectivity index (χ0n) is 14.5. The van der Waals surface area contributed by atoms with Crippen molar-refractivity contribution in [1.29, 1.82) is 0 Å². The number of amides is 1. The second-order valence-electron chi connectivity index (χ2n) is 6.22. The third kappa shape index (κ3) is 2.99. The van der Waals surface area contributed by atoms with E-state index in [0.717, 1.165) is 30.0 Å². The van der Waals surface area contributed by atoms with E-state index in [-0.39, 0.29) is 12.6 Å². The van der Waals surface area contributed by atoms with Gasteiger partial charge in [0, 0.05) is 24.9 Å². The maximum absolute atomic E-state index is 13.0. The first kappa shape index (κ1) is 16.8. The van der Waals surface area contributed by atoms with Crippen molar-refractivity contribution in [2.75, 3.05) is 42.9 Å². The van der Waals surface area contributed by atoms with Crippen LogP contribution in [0.1, 0.15) is 5.56 Å². The molecular formula is C20H22N4O2. The van der Waals surface area contributed by atoms with Gasteiger partial charge >= 0.3 is 0 Å². The Labute approximate surface area is 153 Å². The van der Waals surface area contributed by atoms with Gasteiger partial charge < -0.3 is 10.5 Å². The summed E-state index contributed by atoms with van der Waals surface area (Å²) in [4.78, 5) is 14.6. The van der Waals surface area contributed by atoms with Crippen molar-refractivity contribution in [1.82, 2.24) is 5.01 Å². The summed E-state index contributed by atoms with van der Waals surface area (Å²) < 4.78 is 5.49. The Bertz CT molecular complexity index is 816. The van der Waals surface area contributed by atoms with E-state index in [1.807, 2.05) is 60.8 Å². The Balaban J connectivity index is 1.78. The summed E-state index contributed by atoms with van der Waals surface area (Å²) in [6, 6.07) is 17.8. The minimum atomic E-state index is -0.0668. The molecule has 2 aromatic carbocycles. The summed E-state index contributed by atoms with van der Waals surface area (Å²) >= 11 is 0. The van der Waals surface area contributed by atoms with Crippen LogP contribution in [0.3, 0.4) is 0 Å². The Kier molecular flexibility index (Phi) is 4.71. The summed E-state index contributed by atoms with van der Waals surface area (Å²) in [6.07, 6.45) is 1.93. The lowest BCUT2D eigenvalue weighted by molar-refractivity contribution is -0.113. The van der Waals surface area contributed by atoms with Gasteiger partial charge in [-0.2, -0.15) is 0 Å². The van der Waals surface area contributed by atoms with Gasteiger partial charge in [-0.25, -0.2) is 5.01 Å². The molecule has 26 heavy (non-hydrogen) atoms. The molecule has 2 aromatic rings. The molecule has 0 saturated carbocycles. The number of morpholine rings is 1. The topological polar surface area (TPSA) is 62.0 Å². The average molecular weight is 350 g/mol. The number of nitrogens with zero attached hydrogens (tertiary/aromatic N) is 3. The van der Waals surface area contributed by atoms with E-state index in [9.17, 15) is 4.79 Å². The lowest BCUT2D eigenvalue weighted by Crippen LogP contribution is -2.46. The van der Waals surface area contributed by atoms with Gasteiger partial charge in [-0.1, -0.05) is 36.4 Å². The molecule has 0 bridgehead atoms. The van der Waals surface area contributed by atoms with E-state index in [4.69, 9.17) is 10.5 Å². The fourth-order valence-corrected chi connectivity index (χ4v) is 3.40. The monoisotopic (exact) mass is 350 g/mol. The predicted molar refractivity (Wildman–Crippen MR) is 102 cm³/mol. The average Bonchev–Trinajstić information content (AvgIpc) is 2.98. The first-order valence-corrected chi connectivity index (χ1v) is 8.79. The van der Waals surface area contributed by atoms with Crippen molar-refractivity contribution in [3.05, 3.63) is 66.4 Å². The first-order valence-electron chi connectivity index (χ1n) is 8.79. The summed E-state index contributed by atoms with van der Waals surface area (Å²) in [5.74, 6) is -0.0668. The van der Waals surface area contributed by atoms with Crippen LogP contribution in [0.15, 0.2) is 60.8 Å². The minimum Gasteiger partial charge on any atom is -0.379 e. The van der Waals surface area contributed by atoms with Gasteiger partial charge in [-0.05, 0) is 18.2 Å². The summed E-state index contributed by atoms with van der Waals surface area (Å²) in [5, 5.41) is 4.26. The molecule has 2 aliphatic heterocycles. The second kappa shape index (κ2) is 7.29. The Morgan fingerprint density at radius 1 is 1.04 bits per heavy atom. The predicted octanol–water partition coefficient (Wildman–Crippen LogP) is 2.04. The van der Waals surface area contributed by atoms with Crippen LogP contribution in [0.5, 0.6) is 0 Å². The molecule has 134 valence electrons. The first-order chi connectivity index (χ1) is 12.8. The van der Waals surface area contributed by atoms with Crippen molar-refractivity contribution in [3.63, 3.8) is 0 Å². The molecule has 1 saturated heterocycles. The standard InChI is InChI=1S/C20H22N4O2/c21-15-23-19-9-5-4-8-17(19)18(20(23)25)14-24(16-6-2-1-3-7-16)22-10-12-26-13-11-22/h1-9,14H,10-13,15,21H2. The number of nitrogens with two attached hydrogens (primary N) is 1. The molecule has 0 aliphatic carbocycles. The quantitative estimate of drug-likeness (QED) is 0.855. The van der Waals surface area contributed by atoms with Gasteiger partial charge in [0.1, 0.15) is 0 Å². The minimum absolute atomic E-state index is 0.0668. The molecular weight excluding hydrogens is 328 g/mol. The van der Waals surface area contributed by atoms with Crippen LogP contribution >= 0.6 is 0 Å². The highest BCUT2D eigenvalue weighted by Crippen LogP contribution is 2.36. The van der Waals surface area contributed by atoms with E-state index < -0.39 is 0 Å². The molecule has 6 nitrogen and oxygen atoms in total. The number of anilines is 2. The Morgan fingerprint density at radius 2 is 1.73 bits per heavy atom. The van der Waals surface area contributed by atoms with E-state index >= 15 is 0 Å². The van der Waals surface area contributed by atoms with Crippen LogP contribution < -0.4 is 15.6 Å². The number of hydrogen-bond acceptors (Lipinski definition) is 5. The fraction of sp³-hybridized carbons (Fsp3) is 0.250. The molecule has 4 rings (SSSR count). The van der Waals surface area contributed by atoms with Crippen molar-refractivity contribution in [3.8, 4) is 0 Å². The van der Waals surface area contributed by atoms with Gasteiger partial charge in [-0.3, -0.25) is 14.7 Å². The molecule has 6 heteroatoms. The van der Waals surface area contributed by atoms with E-state index in [2.05, 4.69) is 10.0 Å². The van der Waals surface area contributed by atoms with Crippen molar-refractivity contribution >= 4 is 22.9 Å². The smallest absolute Gasteiger partial charge is 0.261 e. The molecule has 0 spiro atoms. The third-order valence-corrected chi connectivity index (χ3v) is 4.71. The molecule has 1 amide bonds. The number of para-hydroxylation sites is 2. The maximum Gasteiger partial charge on any atom is 0.261 e. The van der Waals surface area contributed by atoms with E-state index in [1.54, 1.807) is 4.90 Å². The van der Waals surface area contributed by atoms with Crippen molar-refractivity contribution in [2.45, 2.75) is 0 Å². The van der Waals surface area contributed by atoms with Gasteiger partial charge in [0.05, 0.1) is 36.8 Å². The Hall–Kier alpha value is -2.67. The van der Waals surface area contributed by atoms with Crippen molar-refractivity contribution in [2.24, 2.45) is 5.73 Å². The number of benzene rings is 2. The zero-order chi connectivity index (χ0) is 17.9. The van der Waals surface area contributed by atoms with Gasteiger partial charge in [-0.15, -0.1) is 0 Å². The number of hydrogen-bond donors (Lipinski definition) is 1. The van der Waals surface area contributed by atoms with Crippen LogP contribution in [0.4, 0.5) is 11.4 Å².